The van der Waals surface area contributed by atoms with Crippen LogP contribution in [0.25, 0.3) is 0 Å². The molecule has 2 heterocycles. The van der Waals surface area contributed by atoms with Gasteiger partial charge in [0, 0.05) is 26.2 Å². The van der Waals surface area contributed by atoms with Gasteiger partial charge in [-0.3, -0.25) is 4.79 Å². The Hall–Kier alpha value is -1.38. The third-order valence-corrected chi connectivity index (χ3v) is 4.71. The van der Waals surface area contributed by atoms with Crippen LogP contribution in [0, 0.1) is 5.41 Å². The minimum absolute atomic E-state index is 0.340. The zero-order valence-electron chi connectivity index (χ0n) is 12.8. The number of rotatable bonds is 6. The fourth-order valence-electron chi connectivity index (χ4n) is 2.99. The Balaban J connectivity index is 1.85. The second-order valence-corrected chi connectivity index (χ2v) is 6.31. The van der Waals surface area contributed by atoms with E-state index in [1.165, 1.54) is 0 Å². The predicted octanol–water partition coefficient (Wildman–Crippen LogP) is -0.672. The summed E-state index contributed by atoms with van der Waals surface area (Å²) in [6, 6.07) is -1.22. The standard InChI is InChI=1S/C14H26N4O4/c15-5-1-2-10(11(16)12(19)20)22-13(21)18-6-3-14(4-7-18)8-17-9-14/h10-11,17H,1-9,15-16H2,(H,19,20)/t10?,11-/m0/s1. The van der Waals surface area contributed by atoms with Crippen molar-refractivity contribution < 1.29 is 19.4 Å². The van der Waals surface area contributed by atoms with E-state index >= 15 is 0 Å². The van der Waals surface area contributed by atoms with Gasteiger partial charge in [-0.2, -0.15) is 0 Å². The van der Waals surface area contributed by atoms with E-state index in [2.05, 4.69) is 5.32 Å². The molecule has 2 aliphatic heterocycles. The van der Waals surface area contributed by atoms with Crippen molar-refractivity contribution in [3.63, 3.8) is 0 Å². The highest BCUT2D eigenvalue weighted by molar-refractivity contribution is 5.75. The van der Waals surface area contributed by atoms with Crippen LogP contribution in [0.2, 0.25) is 0 Å². The molecule has 22 heavy (non-hydrogen) atoms. The second-order valence-electron chi connectivity index (χ2n) is 6.31. The molecule has 2 saturated heterocycles. The highest BCUT2D eigenvalue weighted by Crippen LogP contribution is 2.35. The van der Waals surface area contributed by atoms with Gasteiger partial charge in [0.25, 0.3) is 0 Å². The van der Waals surface area contributed by atoms with Gasteiger partial charge in [-0.1, -0.05) is 0 Å². The largest absolute Gasteiger partial charge is 0.480 e. The van der Waals surface area contributed by atoms with Crippen LogP contribution < -0.4 is 16.8 Å². The number of nitrogens with one attached hydrogen (secondary N) is 1. The summed E-state index contributed by atoms with van der Waals surface area (Å²) in [5.41, 5.74) is 11.4. The number of piperidine rings is 1. The van der Waals surface area contributed by atoms with Crippen LogP contribution in [0.5, 0.6) is 0 Å². The minimum Gasteiger partial charge on any atom is -0.480 e. The van der Waals surface area contributed by atoms with Crippen LogP contribution in [0.15, 0.2) is 0 Å². The number of likely N-dealkylation sites (tertiary alicyclic amines) is 1. The highest BCUT2D eigenvalue weighted by atomic mass is 16.6. The number of hydrogen-bond donors (Lipinski definition) is 4. The van der Waals surface area contributed by atoms with Gasteiger partial charge >= 0.3 is 12.1 Å². The molecule has 0 aromatic carbocycles. The lowest BCUT2D eigenvalue weighted by atomic mass is 9.73. The number of carboxylic acid groups (broad SMARTS) is 1. The summed E-state index contributed by atoms with van der Waals surface area (Å²) in [6.45, 7) is 3.72. The van der Waals surface area contributed by atoms with Gasteiger partial charge in [-0.05, 0) is 37.6 Å². The van der Waals surface area contributed by atoms with E-state index in [9.17, 15) is 9.59 Å². The SMILES string of the molecule is NCCCC(OC(=O)N1CCC2(CC1)CNC2)[C@H](N)C(=O)O. The number of nitrogens with zero attached hydrogens (tertiary/aromatic N) is 1. The molecule has 0 aromatic rings. The van der Waals surface area contributed by atoms with Gasteiger partial charge in [-0.15, -0.1) is 0 Å². The summed E-state index contributed by atoms with van der Waals surface area (Å²) in [4.78, 5) is 24.9. The predicted molar refractivity (Wildman–Crippen MR) is 80.3 cm³/mol. The van der Waals surface area contributed by atoms with Crippen LogP contribution in [-0.4, -0.2) is 66.9 Å². The Labute approximate surface area is 130 Å². The number of carbonyl (C=O) groups excluding carboxylic acids is 1. The number of carboxylic acids is 1. The van der Waals surface area contributed by atoms with E-state index in [-0.39, 0.29) is 0 Å². The van der Waals surface area contributed by atoms with Gasteiger partial charge in [0.05, 0.1) is 0 Å². The summed E-state index contributed by atoms with van der Waals surface area (Å²) in [6.07, 6.45) is 1.52. The van der Waals surface area contributed by atoms with Crippen molar-refractivity contribution in [1.29, 1.82) is 0 Å². The molecule has 1 unspecified atom stereocenters. The Kier molecular flexibility index (Phi) is 5.60. The lowest BCUT2D eigenvalue weighted by molar-refractivity contribution is -0.141. The lowest BCUT2D eigenvalue weighted by Gasteiger charge is -2.48. The summed E-state index contributed by atoms with van der Waals surface area (Å²) >= 11 is 0. The molecule has 8 heteroatoms. The number of carbonyl (C=O) groups is 2. The van der Waals surface area contributed by atoms with Crippen molar-refractivity contribution in [3.8, 4) is 0 Å². The van der Waals surface area contributed by atoms with Gasteiger partial charge in [0.1, 0.15) is 12.1 Å². The molecule has 8 nitrogen and oxygen atoms in total. The number of aliphatic carboxylic acids is 1. The molecule has 2 aliphatic rings. The molecule has 2 fully saturated rings. The number of ether oxygens (including phenoxy) is 1. The minimum atomic E-state index is -1.22. The Morgan fingerprint density at radius 1 is 1.32 bits per heavy atom. The summed E-state index contributed by atoms with van der Waals surface area (Å²) in [5.74, 6) is -1.17. The second kappa shape index (κ2) is 7.26. The van der Waals surface area contributed by atoms with Gasteiger partial charge < -0.3 is 31.5 Å². The molecule has 1 amide bonds. The average molecular weight is 314 g/mol. The lowest BCUT2D eigenvalue weighted by Crippen LogP contribution is -2.59. The normalized spacial score (nSPS) is 22.7. The monoisotopic (exact) mass is 314 g/mol. The molecule has 2 rings (SSSR count). The third-order valence-electron chi connectivity index (χ3n) is 4.71. The average Bonchev–Trinajstić information content (AvgIpc) is 2.48. The van der Waals surface area contributed by atoms with Crippen molar-refractivity contribution in [2.24, 2.45) is 16.9 Å². The third kappa shape index (κ3) is 3.88. The first-order valence-electron chi connectivity index (χ1n) is 7.82. The maximum atomic E-state index is 12.2. The van der Waals surface area contributed by atoms with Crippen molar-refractivity contribution in [2.45, 2.75) is 37.8 Å². The van der Waals surface area contributed by atoms with Crippen LogP contribution in [0.4, 0.5) is 4.79 Å². The van der Waals surface area contributed by atoms with E-state index in [1.807, 2.05) is 0 Å². The first-order chi connectivity index (χ1) is 10.5. The Morgan fingerprint density at radius 3 is 2.41 bits per heavy atom. The summed E-state index contributed by atoms with van der Waals surface area (Å²) in [5, 5.41) is 12.3. The van der Waals surface area contributed by atoms with E-state index in [4.69, 9.17) is 21.3 Å². The van der Waals surface area contributed by atoms with Gasteiger partial charge in [-0.25, -0.2) is 4.79 Å². The van der Waals surface area contributed by atoms with E-state index in [0.29, 0.717) is 37.9 Å². The van der Waals surface area contributed by atoms with Crippen LogP contribution >= 0.6 is 0 Å². The first kappa shape index (κ1) is 17.0. The Bertz CT molecular complexity index is 404. The van der Waals surface area contributed by atoms with Gasteiger partial charge in [0.15, 0.2) is 0 Å². The van der Waals surface area contributed by atoms with Crippen LogP contribution in [0.3, 0.4) is 0 Å². The molecule has 0 saturated carbocycles. The zero-order chi connectivity index (χ0) is 16.2. The summed E-state index contributed by atoms with van der Waals surface area (Å²) < 4.78 is 5.34. The highest BCUT2D eigenvalue weighted by Gasteiger charge is 2.41. The number of amides is 1. The molecule has 0 aromatic heterocycles. The molecule has 1 spiro atoms. The molecule has 0 bridgehead atoms. The molecule has 2 atom stereocenters. The van der Waals surface area contributed by atoms with E-state index in [1.54, 1.807) is 4.90 Å². The summed E-state index contributed by atoms with van der Waals surface area (Å²) in [7, 11) is 0. The van der Waals surface area contributed by atoms with Gasteiger partial charge in [0.2, 0.25) is 0 Å². The fourth-order valence-corrected chi connectivity index (χ4v) is 2.99. The maximum Gasteiger partial charge on any atom is 0.410 e. The van der Waals surface area contributed by atoms with E-state index in [0.717, 1.165) is 25.9 Å². The van der Waals surface area contributed by atoms with Crippen molar-refractivity contribution in [2.75, 3.05) is 32.7 Å². The molecule has 126 valence electrons. The Morgan fingerprint density at radius 2 is 1.95 bits per heavy atom. The van der Waals surface area contributed by atoms with Crippen LogP contribution in [0.1, 0.15) is 25.7 Å². The zero-order valence-corrected chi connectivity index (χ0v) is 12.8. The topological polar surface area (TPSA) is 131 Å². The molecule has 0 radical (unpaired) electrons. The fraction of sp³-hybridized carbons (Fsp3) is 0.857. The number of hydrogen-bond acceptors (Lipinski definition) is 6. The smallest absolute Gasteiger partial charge is 0.410 e. The molecular weight excluding hydrogens is 288 g/mol. The molecular formula is C14H26N4O4. The molecule has 6 N–H and O–H groups in total. The van der Waals surface area contributed by atoms with Crippen molar-refractivity contribution in [1.82, 2.24) is 10.2 Å². The van der Waals surface area contributed by atoms with Crippen molar-refractivity contribution in [3.05, 3.63) is 0 Å². The quantitative estimate of drug-likeness (QED) is 0.511. The van der Waals surface area contributed by atoms with E-state index < -0.39 is 24.2 Å². The first-order valence-corrected chi connectivity index (χ1v) is 7.82. The molecule has 0 aliphatic carbocycles. The number of nitrogens with two attached hydrogens (primary N) is 2. The van der Waals surface area contributed by atoms with Crippen molar-refractivity contribution >= 4 is 12.1 Å². The van der Waals surface area contributed by atoms with Crippen LogP contribution in [-0.2, 0) is 9.53 Å². The maximum absolute atomic E-state index is 12.2.